The van der Waals surface area contributed by atoms with Gasteiger partial charge in [-0.05, 0) is 43.3 Å². The number of aromatic nitrogens is 6. The van der Waals surface area contributed by atoms with Crippen LogP contribution < -0.4 is 5.32 Å². The topological polar surface area (TPSA) is 114 Å². The summed E-state index contributed by atoms with van der Waals surface area (Å²) in [5.41, 5.74) is 2.97. The minimum atomic E-state index is -0.652. The summed E-state index contributed by atoms with van der Waals surface area (Å²) in [6.07, 6.45) is 6.12. The van der Waals surface area contributed by atoms with Crippen molar-refractivity contribution in [3.05, 3.63) is 90.2 Å². The van der Waals surface area contributed by atoms with Crippen LogP contribution in [0.15, 0.2) is 67.3 Å². The number of aryl methyl sites for hydroxylation is 1. The Morgan fingerprint density at radius 2 is 1.97 bits per heavy atom. The lowest BCUT2D eigenvalue weighted by Gasteiger charge is -2.08. The SMILES string of the molecule is Cc1cccc(-c2nc(C(=O)Nc3ncccc3F)cn2-c2ccc3ncc(C#N)n3c2)n1. The van der Waals surface area contributed by atoms with Gasteiger partial charge < -0.3 is 5.32 Å². The molecule has 0 fully saturated rings. The Balaban J connectivity index is 1.63. The maximum atomic E-state index is 14.0. The summed E-state index contributed by atoms with van der Waals surface area (Å²) in [6.45, 7) is 1.85. The van der Waals surface area contributed by atoms with E-state index >= 15 is 0 Å². The van der Waals surface area contributed by atoms with Gasteiger partial charge >= 0.3 is 0 Å². The van der Waals surface area contributed by atoms with E-state index in [9.17, 15) is 14.4 Å². The molecule has 5 aromatic heterocycles. The van der Waals surface area contributed by atoms with Crippen molar-refractivity contribution in [1.82, 2.24) is 28.9 Å². The molecule has 0 atom stereocenters. The normalized spacial score (nSPS) is 10.8. The first-order chi connectivity index (χ1) is 16.0. The van der Waals surface area contributed by atoms with Gasteiger partial charge in [-0.3, -0.25) is 13.8 Å². The summed E-state index contributed by atoms with van der Waals surface area (Å²) in [5, 5.41) is 11.8. The molecule has 33 heavy (non-hydrogen) atoms. The molecular weight excluding hydrogens is 423 g/mol. The highest BCUT2D eigenvalue weighted by molar-refractivity contribution is 6.02. The van der Waals surface area contributed by atoms with Gasteiger partial charge in [-0.2, -0.15) is 5.26 Å². The van der Waals surface area contributed by atoms with E-state index in [4.69, 9.17) is 0 Å². The number of hydrogen-bond acceptors (Lipinski definition) is 6. The lowest BCUT2D eigenvalue weighted by molar-refractivity contribution is 0.102. The fraction of sp³-hybridized carbons (Fsp3) is 0.0435. The predicted octanol–water partition coefficient (Wildman–Crippen LogP) is 3.55. The van der Waals surface area contributed by atoms with E-state index in [2.05, 4.69) is 31.3 Å². The van der Waals surface area contributed by atoms with E-state index in [0.29, 0.717) is 28.5 Å². The smallest absolute Gasteiger partial charge is 0.277 e. The summed E-state index contributed by atoms with van der Waals surface area (Å²) in [6, 6.07) is 13.8. The van der Waals surface area contributed by atoms with Crippen molar-refractivity contribution in [1.29, 1.82) is 5.26 Å². The maximum Gasteiger partial charge on any atom is 0.277 e. The molecule has 5 rings (SSSR count). The zero-order valence-electron chi connectivity index (χ0n) is 17.3. The van der Waals surface area contributed by atoms with E-state index in [0.717, 1.165) is 5.69 Å². The molecule has 0 aliphatic rings. The first-order valence-corrected chi connectivity index (χ1v) is 9.86. The molecule has 9 nitrogen and oxygen atoms in total. The molecule has 0 aliphatic heterocycles. The summed E-state index contributed by atoms with van der Waals surface area (Å²) >= 11 is 0. The largest absolute Gasteiger partial charge is 0.303 e. The summed E-state index contributed by atoms with van der Waals surface area (Å²) in [4.78, 5) is 29.9. The predicted molar refractivity (Wildman–Crippen MR) is 117 cm³/mol. The molecule has 0 unspecified atom stereocenters. The summed E-state index contributed by atoms with van der Waals surface area (Å²) in [5.74, 6) is -1.06. The monoisotopic (exact) mass is 438 g/mol. The van der Waals surface area contributed by atoms with Gasteiger partial charge in [0, 0.05) is 24.3 Å². The van der Waals surface area contributed by atoms with Crippen LogP contribution in [0.25, 0.3) is 22.9 Å². The van der Waals surface area contributed by atoms with E-state index < -0.39 is 11.7 Å². The number of nitrogens with one attached hydrogen (secondary N) is 1. The van der Waals surface area contributed by atoms with Gasteiger partial charge in [0.05, 0.1) is 11.9 Å². The number of anilines is 1. The lowest BCUT2D eigenvalue weighted by atomic mass is 10.3. The third-order valence-corrected chi connectivity index (χ3v) is 4.93. The van der Waals surface area contributed by atoms with E-state index in [1.807, 2.05) is 19.1 Å². The Kier molecular flexibility index (Phi) is 4.84. The molecule has 0 saturated carbocycles. The fourth-order valence-corrected chi connectivity index (χ4v) is 3.38. The molecule has 1 amide bonds. The third kappa shape index (κ3) is 3.68. The quantitative estimate of drug-likeness (QED) is 0.459. The van der Waals surface area contributed by atoms with Crippen LogP contribution in [0, 0.1) is 24.1 Å². The van der Waals surface area contributed by atoms with Crippen LogP contribution in [0.5, 0.6) is 0 Å². The zero-order valence-corrected chi connectivity index (χ0v) is 17.3. The number of hydrogen-bond donors (Lipinski definition) is 1. The second-order valence-corrected chi connectivity index (χ2v) is 7.14. The molecule has 5 heterocycles. The third-order valence-electron chi connectivity index (χ3n) is 4.93. The average Bonchev–Trinajstić information content (AvgIpc) is 3.44. The standard InChI is InChI=1S/C23H15FN8O/c1-14-4-2-6-18(28-14)22-29-19(23(33)30-21-17(24)5-3-9-26-21)13-32(22)15-7-8-20-27-11-16(10-25)31(20)12-15/h2-9,11-13H,1H3,(H,26,30,33). The Hall–Kier alpha value is -4.91. The Labute approximate surface area is 186 Å². The van der Waals surface area contributed by atoms with Gasteiger partial charge in [-0.15, -0.1) is 0 Å². The summed E-state index contributed by atoms with van der Waals surface area (Å²) in [7, 11) is 0. The minimum Gasteiger partial charge on any atom is -0.303 e. The van der Waals surface area contributed by atoms with E-state index in [-0.39, 0.29) is 11.5 Å². The van der Waals surface area contributed by atoms with Crippen molar-refractivity contribution in [2.45, 2.75) is 6.92 Å². The molecule has 160 valence electrons. The van der Waals surface area contributed by atoms with E-state index in [1.54, 1.807) is 33.4 Å². The molecule has 1 N–H and O–H groups in total. The van der Waals surface area contributed by atoms with Gasteiger partial charge in [-0.1, -0.05) is 6.07 Å². The van der Waals surface area contributed by atoms with Crippen LogP contribution in [0.3, 0.4) is 0 Å². The summed E-state index contributed by atoms with van der Waals surface area (Å²) < 4.78 is 17.3. The lowest BCUT2D eigenvalue weighted by Crippen LogP contribution is -2.14. The number of rotatable bonds is 4. The maximum absolute atomic E-state index is 14.0. The van der Waals surface area contributed by atoms with Gasteiger partial charge in [0.1, 0.15) is 28.8 Å². The minimum absolute atomic E-state index is 0.0459. The first kappa shape index (κ1) is 20.0. The molecule has 0 radical (unpaired) electrons. The number of amides is 1. The van der Waals surface area contributed by atoms with Crippen molar-refractivity contribution >= 4 is 17.4 Å². The van der Waals surface area contributed by atoms with Crippen molar-refractivity contribution in [3.8, 4) is 23.3 Å². The Morgan fingerprint density at radius 3 is 2.76 bits per heavy atom. The van der Waals surface area contributed by atoms with Gasteiger partial charge in [-0.25, -0.2) is 24.3 Å². The number of nitrogens with zero attached hydrogens (tertiary/aromatic N) is 7. The zero-order chi connectivity index (χ0) is 22.9. The van der Waals surface area contributed by atoms with Crippen LogP contribution in [-0.4, -0.2) is 34.8 Å². The van der Waals surface area contributed by atoms with Crippen molar-refractivity contribution < 1.29 is 9.18 Å². The number of nitriles is 1. The highest BCUT2D eigenvalue weighted by Gasteiger charge is 2.20. The fourth-order valence-electron chi connectivity index (χ4n) is 3.38. The average molecular weight is 438 g/mol. The molecule has 10 heteroatoms. The molecule has 0 saturated heterocycles. The molecule has 0 aromatic carbocycles. The van der Waals surface area contributed by atoms with Crippen molar-refractivity contribution in [3.63, 3.8) is 0 Å². The number of halogens is 1. The van der Waals surface area contributed by atoms with Crippen molar-refractivity contribution in [2.75, 3.05) is 5.32 Å². The number of fused-ring (bicyclic) bond motifs is 1. The molecule has 0 spiro atoms. The number of carbonyl (C=O) groups excluding carboxylic acids is 1. The highest BCUT2D eigenvalue weighted by Crippen LogP contribution is 2.23. The second kappa shape index (κ2) is 7.97. The molecule has 0 aliphatic carbocycles. The highest BCUT2D eigenvalue weighted by atomic mass is 19.1. The van der Waals surface area contributed by atoms with Crippen LogP contribution in [0.1, 0.15) is 21.9 Å². The Morgan fingerprint density at radius 1 is 1.09 bits per heavy atom. The molecular formula is C23H15FN8O. The molecule has 0 bridgehead atoms. The second-order valence-electron chi connectivity index (χ2n) is 7.14. The van der Waals surface area contributed by atoms with Gasteiger partial charge in [0.2, 0.25) is 0 Å². The number of carbonyl (C=O) groups is 1. The number of pyridine rings is 3. The van der Waals surface area contributed by atoms with Crippen LogP contribution in [0.2, 0.25) is 0 Å². The van der Waals surface area contributed by atoms with Crippen LogP contribution in [0.4, 0.5) is 10.2 Å². The van der Waals surface area contributed by atoms with E-state index in [1.165, 1.54) is 30.7 Å². The van der Waals surface area contributed by atoms with Crippen LogP contribution >= 0.6 is 0 Å². The van der Waals surface area contributed by atoms with Gasteiger partial charge in [0.25, 0.3) is 5.91 Å². The Bertz CT molecular complexity index is 1560. The van der Waals surface area contributed by atoms with Crippen molar-refractivity contribution in [2.24, 2.45) is 0 Å². The van der Waals surface area contributed by atoms with Gasteiger partial charge in [0.15, 0.2) is 17.5 Å². The molecule has 5 aromatic rings. The number of imidazole rings is 2. The first-order valence-electron chi connectivity index (χ1n) is 9.86. The van der Waals surface area contributed by atoms with Crippen LogP contribution in [-0.2, 0) is 0 Å².